The van der Waals surface area contributed by atoms with Gasteiger partial charge < -0.3 is 19.9 Å². The maximum absolute atomic E-state index is 6.31. The minimum Gasteiger partial charge on any atom is -0.495 e. The Morgan fingerprint density at radius 3 is 2.64 bits per heavy atom. The molecule has 0 bridgehead atoms. The summed E-state index contributed by atoms with van der Waals surface area (Å²) in [6.07, 6.45) is 3.78. The number of pyridine rings is 1. The molecule has 0 unspecified atom stereocenters. The van der Waals surface area contributed by atoms with Crippen LogP contribution in [0.5, 0.6) is 5.75 Å². The van der Waals surface area contributed by atoms with Crippen molar-refractivity contribution in [3.05, 3.63) is 41.2 Å². The van der Waals surface area contributed by atoms with E-state index >= 15 is 0 Å². The zero-order valence-electron chi connectivity index (χ0n) is 19.0. The Labute approximate surface area is 197 Å². The summed E-state index contributed by atoms with van der Waals surface area (Å²) >= 11 is 6.31. The van der Waals surface area contributed by atoms with Crippen LogP contribution in [0.1, 0.15) is 12.5 Å². The largest absolute Gasteiger partial charge is 0.495 e. The molecule has 0 saturated carbocycles. The van der Waals surface area contributed by atoms with E-state index in [9.17, 15) is 0 Å². The van der Waals surface area contributed by atoms with Crippen molar-refractivity contribution in [2.75, 3.05) is 50.6 Å². The van der Waals surface area contributed by atoms with Gasteiger partial charge in [0.05, 0.1) is 23.7 Å². The maximum atomic E-state index is 6.31. The molecular weight excluding hydrogens is 440 g/mol. The molecule has 4 aromatic rings. The first-order valence-corrected chi connectivity index (χ1v) is 11.5. The highest BCUT2D eigenvalue weighted by atomic mass is 35.5. The highest BCUT2D eigenvalue weighted by Crippen LogP contribution is 2.34. The molecule has 1 aromatic carbocycles. The van der Waals surface area contributed by atoms with Crippen molar-refractivity contribution in [2.45, 2.75) is 20.0 Å². The molecule has 10 heteroatoms. The first-order chi connectivity index (χ1) is 16.1. The van der Waals surface area contributed by atoms with Gasteiger partial charge in [0.1, 0.15) is 5.75 Å². The molecule has 0 radical (unpaired) electrons. The van der Waals surface area contributed by atoms with Gasteiger partial charge in [-0.15, -0.1) is 10.2 Å². The number of aromatic nitrogens is 5. The normalized spacial score (nSPS) is 14.8. The minimum absolute atomic E-state index is 0.549. The molecule has 1 N–H and O–H groups in total. The molecular formula is C23H27ClN8O. The lowest BCUT2D eigenvalue weighted by Crippen LogP contribution is -2.45. The van der Waals surface area contributed by atoms with Gasteiger partial charge in [0.2, 0.25) is 0 Å². The van der Waals surface area contributed by atoms with Crippen LogP contribution in [0, 0.1) is 0 Å². The lowest BCUT2D eigenvalue weighted by Gasteiger charge is -2.33. The summed E-state index contributed by atoms with van der Waals surface area (Å²) in [4.78, 5) is 9.35. The topological polar surface area (TPSA) is 84.2 Å². The van der Waals surface area contributed by atoms with Crippen LogP contribution >= 0.6 is 11.6 Å². The number of rotatable bonds is 6. The first-order valence-electron chi connectivity index (χ1n) is 11.1. The molecule has 0 atom stereocenters. The van der Waals surface area contributed by atoms with Crippen LogP contribution in [0.2, 0.25) is 5.02 Å². The molecule has 5 rings (SSSR count). The zero-order valence-corrected chi connectivity index (χ0v) is 19.8. The van der Waals surface area contributed by atoms with Crippen molar-refractivity contribution < 1.29 is 4.74 Å². The molecule has 1 fully saturated rings. The van der Waals surface area contributed by atoms with E-state index < -0.39 is 0 Å². The Bertz CT molecular complexity index is 1300. The molecule has 0 amide bonds. The van der Waals surface area contributed by atoms with E-state index in [1.807, 2.05) is 35.3 Å². The summed E-state index contributed by atoms with van der Waals surface area (Å²) in [5, 5.41) is 20.8. The van der Waals surface area contributed by atoms with Gasteiger partial charge in [0.25, 0.3) is 0 Å². The van der Waals surface area contributed by atoms with Crippen molar-refractivity contribution in [1.29, 1.82) is 0 Å². The van der Waals surface area contributed by atoms with E-state index in [-0.39, 0.29) is 0 Å². The average molecular weight is 467 g/mol. The van der Waals surface area contributed by atoms with Gasteiger partial charge >= 0.3 is 0 Å². The molecule has 1 saturated heterocycles. The monoisotopic (exact) mass is 466 g/mol. The second-order valence-electron chi connectivity index (χ2n) is 8.23. The number of hydrogen-bond donors (Lipinski definition) is 1. The molecule has 1 aliphatic rings. The third-order valence-corrected chi connectivity index (χ3v) is 6.46. The SMILES string of the molecule is CCn1ncc2c3c(NCc4ccc(OC)c(Cl)c4)nnc(N4CCN(C)CC4)c3cnc21. The Hall–Kier alpha value is -3.17. The number of benzene rings is 1. The highest BCUT2D eigenvalue weighted by molar-refractivity contribution is 6.32. The van der Waals surface area contributed by atoms with Crippen molar-refractivity contribution in [3.63, 3.8) is 0 Å². The Morgan fingerprint density at radius 1 is 1.09 bits per heavy atom. The lowest BCUT2D eigenvalue weighted by molar-refractivity contribution is 0.312. The summed E-state index contributed by atoms with van der Waals surface area (Å²) in [6, 6.07) is 5.75. The number of hydrogen-bond acceptors (Lipinski definition) is 8. The van der Waals surface area contributed by atoms with Crippen molar-refractivity contribution in [3.8, 4) is 5.75 Å². The van der Waals surface area contributed by atoms with Crippen LogP contribution in [0.25, 0.3) is 21.8 Å². The van der Waals surface area contributed by atoms with E-state index in [4.69, 9.17) is 21.3 Å². The molecule has 3 aromatic heterocycles. The van der Waals surface area contributed by atoms with Gasteiger partial charge in [-0.25, -0.2) is 9.67 Å². The van der Waals surface area contributed by atoms with Crippen molar-refractivity contribution in [1.82, 2.24) is 29.9 Å². The van der Waals surface area contributed by atoms with Crippen molar-refractivity contribution in [2.24, 2.45) is 0 Å². The minimum atomic E-state index is 0.549. The predicted octanol–water partition coefficient (Wildman–Crippen LogP) is 3.42. The summed E-state index contributed by atoms with van der Waals surface area (Å²) in [7, 11) is 3.75. The van der Waals surface area contributed by atoms with Gasteiger partial charge in [-0.3, -0.25) is 0 Å². The smallest absolute Gasteiger partial charge is 0.161 e. The van der Waals surface area contributed by atoms with Crippen LogP contribution < -0.4 is 15.0 Å². The second kappa shape index (κ2) is 8.99. The van der Waals surface area contributed by atoms with Gasteiger partial charge in [-0.05, 0) is 31.7 Å². The quantitative estimate of drug-likeness (QED) is 0.462. The van der Waals surface area contributed by atoms with Gasteiger partial charge in [0, 0.05) is 56.2 Å². The van der Waals surface area contributed by atoms with Gasteiger partial charge in [0.15, 0.2) is 17.3 Å². The van der Waals surface area contributed by atoms with Crippen LogP contribution in [0.4, 0.5) is 11.6 Å². The fourth-order valence-electron chi connectivity index (χ4n) is 4.27. The average Bonchev–Trinajstić information content (AvgIpc) is 3.26. The molecule has 1 aliphatic heterocycles. The highest BCUT2D eigenvalue weighted by Gasteiger charge is 2.22. The maximum Gasteiger partial charge on any atom is 0.161 e. The number of nitrogens with zero attached hydrogens (tertiary/aromatic N) is 7. The summed E-state index contributed by atoms with van der Waals surface area (Å²) in [5.74, 6) is 2.23. The Kier molecular flexibility index (Phi) is 5.90. The fraction of sp³-hybridized carbons (Fsp3) is 0.391. The number of methoxy groups -OCH3 is 1. The third kappa shape index (κ3) is 4.02. The van der Waals surface area contributed by atoms with E-state index in [2.05, 4.69) is 44.4 Å². The van der Waals surface area contributed by atoms with Crippen LogP contribution in [0.15, 0.2) is 30.6 Å². The van der Waals surface area contributed by atoms with Gasteiger partial charge in [-0.2, -0.15) is 5.10 Å². The number of fused-ring (bicyclic) bond motifs is 3. The molecule has 0 spiro atoms. The molecule has 172 valence electrons. The van der Waals surface area contributed by atoms with E-state index in [1.54, 1.807) is 7.11 Å². The number of nitrogens with one attached hydrogen (secondary N) is 1. The zero-order chi connectivity index (χ0) is 22.9. The summed E-state index contributed by atoms with van der Waals surface area (Å²) in [6.45, 7) is 7.15. The lowest BCUT2D eigenvalue weighted by atomic mass is 10.1. The van der Waals surface area contributed by atoms with E-state index in [0.717, 1.165) is 65.9 Å². The van der Waals surface area contributed by atoms with E-state index in [1.165, 1.54) is 0 Å². The number of halogens is 1. The standard InChI is InChI=1S/C23H27ClN8O/c1-4-32-22-17(14-27-32)20-16(13-26-22)23(31-9-7-30(2)8-10-31)29-28-21(20)25-12-15-5-6-19(33-3)18(24)11-15/h5-6,11,13-14H,4,7-10,12H2,1-3H3,(H,25,28). The molecule has 4 heterocycles. The number of ether oxygens (including phenoxy) is 1. The molecule has 9 nitrogen and oxygen atoms in total. The van der Waals surface area contributed by atoms with Gasteiger partial charge in [-0.1, -0.05) is 17.7 Å². The summed E-state index contributed by atoms with van der Waals surface area (Å²) < 4.78 is 7.16. The predicted molar refractivity (Wildman–Crippen MR) is 131 cm³/mol. The van der Waals surface area contributed by atoms with Crippen LogP contribution in [-0.4, -0.2) is 70.2 Å². The number of anilines is 2. The fourth-order valence-corrected chi connectivity index (χ4v) is 4.55. The first kappa shape index (κ1) is 21.7. The van der Waals surface area contributed by atoms with Crippen LogP contribution in [0.3, 0.4) is 0 Å². The third-order valence-electron chi connectivity index (χ3n) is 6.17. The van der Waals surface area contributed by atoms with E-state index in [0.29, 0.717) is 23.1 Å². The number of likely N-dealkylation sites (N-methyl/N-ethyl adjacent to an activating group) is 1. The summed E-state index contributed by atoms with van der Waals surface area (Å²) in [5.41, 5.74) is 1.87. The Morgan fingerprint density at radius 2 is 1.91 bits per heavy atom. The number of aryl methyl sites for hydroxylation is 1. The van der Waals surface area contributed by atoms with Crippen molar-refractivity contribution >= 4 is 45.0 Å². The Balaban J connectivity index is 1.57. The molecule has 0 aliphatic carbocycles. The molecule has 33 heavy (non-hydrogen) atoms. The number of piperazine rings is 1. The second-order valence-corrected chi connectivity index (χ2v) is 8.64. The van der Waals surface area contributed by atoms with Crippen LogP contribution in [-0.2, 0) is 13.1 Å².